The Hall–Kier alpha value is -3.92. The molecule has 0 aliphatic heterocycles. The van der Waals surface area contributed by atoms with Crippen molar-refractivity contribution in [3.63, 3.8) is 0 Å². The molecular weight excluding hydrogens is 376 g/mol. The molecule has 2 unspecified atom stereocenters. The van der Waals surface area contributed by atoms with Gasteiger partial charge < -0.3 is 9.47 Å². The minimum atomic E-state index is -0.559. The highest BCUT2D eigenvalue weighted by atomic mass is 16.5. The third kappa shape index (κ3) is 3.22. The summed E-state index contributed by atoms with van der Waals surface area (Å²) < 4.78 is 11.4. The van der Waals surface area contributed by atoms with Crippen LogP contribution in [0.2, 0.25) is 0 Å². The predicted octanol–water partition coefficient (Wildman–Crippen LogP) is 5.54. The summed E-state index contributed by atoms with van der Waals surface area (Å²) in [5.74, 6) is -1.12. The highest BCUT2D eigenvalue weighted by molar-refractivity contribution is 6.03. The number of benzene rings is 3. The molecule has 2 aliphatic carbocycles. The molecule has 2 atom stereocenters. The molecule has 0 heterocycles. The van der Waals surface area contributed by atoms with E-state index in [2.05, 4.69) is 0 Å². The van der Waals surface area contributed by atoms with Crippen molar-refractivity contribution in [1.29, 1.82) is 0 Å². The molecule has 2 aliphatic rings. The lowest BCUT2D eigenvalue weighted by molar-refractivity contribution is 0.0348. The number of hydrogen-bond acceptors (Lipinski definition) is 4. The van der Waals surface area contributed by atoms with Crippen molar-refractivity contribution >= 4 is 24.1 Å². The molecule has 0 spiro atoms. The molecule has 30 heavy (non-hydrogen) atoms. The van der Waals surface area contributed by atoms with Crippen LogP contribution >= 0.6 is 0 Å². The molecule has 5 rings (SSSR count). The van der Waals surface area contributed by atoms with E-state index in [-0.39, 0.29) is 11.1 Å². The smallest absolute Gasteiger partial charge is 0.339 e. The number of esters is 2. The second-order valence-corrected chi connectivity index (χ2v) is 7.17. The molecule has 0 N–H and O–H groups in total. The molecule has 0 saturated heterocycles. The van der Waals surface area contributed by atoms with Gasteiger partial charge in [0, 0.05) is 11.1 Å². The Bertz CT molecular complexity index is 1110. The lowest BCUT2D eigenvalue weighted by Crippen LogP contribution is -2.16. The van der Waals surface area contributed by atoms with Crippen LogP contribution < -0.4 is 0 Å². The van der Waals surface area contributed by atoms with E-state index < -0.39 is 24.1 Å². The van der Waals surface area contributed by atoms with Crippen molar-refractivity contribution in [2.24, 2.45) is 0 Å². The van der Waals surface area contributed by atoms with Gasteiger partial charge in [0.05, 0.1) is 11.1 Å². The third-order valence-corrected chi connectivity index (χ3v) is 5.34. The second kappa shape index (κ2) is 7.48. The van der Waals surface area contributed by atoms with Crippen LogP contribution in [-0.4, -0.2) is 11.9 Å². The SMILES string of the molecule is O=C(OC1C=Cc2ccccc21)c1ccccc1C(=O)OC1C=Cc2ccccc21. The van der Waals surface area contributed by atoms with E-state index in [4.69, 9.17) is 9.47 Å². The first kappa shape index (κ1) is 18.1. The average Bonchev–Trinajstić information content (AvgIpc) is 3.38. The van der Waals surface area contributed by atoms with Gasteiger partial charge in [-0.1, -0.05) is 72.8 Å². The fraction of sp³-hybridized carbons (Fsp3) is 0.0769. The van der Waals surface area contributed by atoms with Crippen molar-refractivity contribution < 1.29 is 19.1 Å². The summed E-state index contributed by atoms with van der Waals surface area (Å²) >= 11 is 0. The second-order valence-electron chi connectivity index (χ2n) is 7.17. The largest absolute Gasteiger partial charge is 0.450 e. The van der Waals surface area contributed by atoms with E-state index in [1.54, 1.807) is 24.3 Å². The molecule has 0 aromatic heterocycles. The number of carbonyl (C=O) groups excluding carboxylic acids is 2. The summed E-state index contributed by atoms with van der Waals surface area (Å²) in [6.45, 7) is 0. The summed E-state index contributed by atoms with van der Waals surface area (Å²) in [5, 5.41) is 0. The van der Waals surface area contributed by atoms with Gasteiger partial charge in [0.25, 0.3) is 0 Å². The Kier molecular flexibility index (Phi) is 4.52. The minimum absolute atomic E-state index is 0.190. The standard InChI is InChI=1S/C26H18O4/c27-25(29-23-15-13-17-7-1-3-9-19(17)23)21-11-5-6-12-22(21)26(28)30-24-16-14-18-8-2-4-10-20(18)24/h1-16,23-24H. The fourth-order valence-corrected chi connectivity index (χ4v) is 3.84. The molecule has 0 fully saturated rings. The zero-order chi connectivity index (χ0) is 20.5. The zero-order valence-electron chi connectivity index (χ0n) is 16.0. The van der Waals surface area contributed by atoms with E-state index in [0.717, 1.165) is 22.3 Å². The maximum Gasteiger partial charge on any atom is 0.339 e. The molecule has 146 valence electrons. The lowest BCUT2D eigenvalue weighted by atomic mass is 10.1. The number of fused-ring (bicyclic) bond motifs is 2. The molecular formula is C26H18O4. The molecule has 0 saturated carbocycles. The van der Waals surface area contributed by atoms with Crippen molar-refractivity contribution in [3.05, 3.63) is 118 Å². The van der Waals surface area contributed by atoms with Crippen LogP contribution in [0.4, 0.5) is 0 Å². The zero-order valence-corrected chi connectivity index (χ0v) is 16.0. The van der Waals surface area contributed by atoms with Crippen LogP contribution in [0.3, 0.4) is 0 Å². The van der Waals surface area contributed by atoms with E-state index in [1.165, 1.54) is 0 Å². The van der Waals surface area contributed by atoms with Crippen LogP contribution in [0.25, 0.3) is 12.2 Å². The summed E-state index contributed by atoms with van der Waals surface area (Å²) in [6.07, 6.45) is 6.59. The van der Waals surface area contributed by atoms with Crippen molar-refractivity contribution in [1.82, 2.24) is 0 Å². The average molecular weight is 394 g/mol. The first-order valence-corrected chi connectivity index (χ1v) is 9.76. The van der Waals surface area contributed by atoms with Gasteiger partial charge in [-0.3, -0.25) is 0 Å². The van der Waals surface area contributed by atoms with Crippen molar-refractivity contribution in [3.8, 4) is 0 Å². The summed E-state index contributed by atoms with van der Waals surface area (Å²) in [7, 11) is 0. The van der Waals surface area contributed by atoms with Gasteiger partial charge in [-0.15, -0.1) is 0 Å². The van der Waals surface area contributed by atoms with E-state index in [1.807, 2.05) is 72.8 Å². The lowest BCUT2D eigenvalue weighted by Gasteiger charge is -2.16. The molecule has 4 heteroatoms. The fourth-order valence-electron chi connectivity index (χ4n) is 3.84. The number of carbonyl (C=O) groups is 2. The summed E-state index contributed by atoms with van der Waals surface area (Å²) in [6, 6.07) is 22.1. The Morgan fingerprint density at radius 2 is 0.967 bits per heavy atom. The van der Waals surface area contributed by atoms with Gasteiger partial charge in [0.15, 0.2) is 0 Å². The Labute approximate surface area is 174 Å². The van der Waals surface area contributed by atoms with Gasteiger partial charge in [0.2, 0.25) is 0 Å². The predicted molar refractivity (Wildman–Crippen MR) is 114 cm³/mol. The number of rotatable bonds is 4. The van der Waals surface area contributed by atoms with Crippen LogP contribution in [-0.2, 0) is 9.47 Å². The van der Waals surface area contributed by atoms with Crippen LogP contribution in [0.5, 0.6) is 0 Å². The summed E-state index contributed by atoms with van der Waals surface area (Å²) in [4.78, 5) is 25.8. The van der Waals surface area contributed by atoms with Gasteiger partial charge in [-0.2, -0.15) is 0 Å². The van der Waals surface area contributed by atoms with Crippen LogP contribution in [0, 0.1) is 0 Å². The van der Waals surface area contributed by atoms with Crippen LogP contribution in [0.1, 0.15) is 55.2 Å². The maximum absolute atomic E-state index is 12.9. The highest BCUT2D eigenvalue weighted by Gasteiger charge is 2.27. The van der Waals surface area contributed by atoms with Crippen molar-refractivity contribution in [2.45, 2.75) is 12.2 Å². The van der Waals surface area contributed by atoms with Gasteiger partial charge in [-0.25, -0.2) is 9.59 Å². The molecule has 3 aromatic carbocycles. The topological polar surface area (TPSA) is 52.6 Å². The number of hydrogen-bond donors (Lipinski definition) is 0. The normalized spacial score (nSPS) is 18.0. The molecule has 0 bridgehead atoms. The summed E-state index contributed by atoms with van der Waals surface area (Å²) in [5.41, 5.74) is 4.28. The maximum atomic E-state index is 12.9. The molecule has 0 radical (unpaired) electrons. The van der Waals surface area contributed by atoms with E-state index in [0.29, 0.717) is 0 Å². The Morgan fingerprint density at radius 3 is 1.43 bits per heavy atom. The highest BCUT2D eigenvalue weighted by Crippen LogP contribution is 2.33. The Balaban J connectivity index is 1.36. The first-order chi connectivity index (χ1) is 14.7. The first-order valence-electron chi connectivity index (χ1n) is 9.76. The van der Waals surface area contributed by atoms with Gasteiger partial charge >= 0.3 is 11.9 Å². The van der Waals surface area contributed by atoms with E-state index >= 15 is 0 Å². The van der Waals surface area contributed by atoms with Gasteiger partial charge in [-0.05, 0) is 35.4 Å². The quantitative estimate of drug-likeness (QED) is 0.546. The van der Waals surface area contributed by atoms with E-state index in [9.17, 15) is 9.59 Å². The minimum Gasteiger partial charge on any atom is -0.450 e. The van der Waals surface area contributed by atoms with Crippen LogP contribution in [0.15, 0.2) is 84.9 Å². The molecule has 3 aromatic rings. The van der Waals surface area contributed by atoms with Crippen molar-refractivity contribution in [2.75, 3.05) is 0 Å². The van der Waals surface area contributed by atoms with Gasteiger partial charge in [0.1, 0.15) is 12.2 Å². The Morgan fingerprint density at radius 1 is 0.567 bits per heavy atom. The molecule has 4 nitrogen and oxygen atoms in total. The number of ether oxygens (including phenoxy) is 2. The monoisotopic (exact) mass is 394 g/mol. The molecule has 0 amide bonds. The third-order valence-electron chi connectivity index (χ3n) is 5.34.